The molecule has 17 heavy (non-hydrogen) atoms. The van der Waals surface area contributed by atoms with Crippen LogP contribution in [0.5, 0.6) is 5.75 Å². The summed E-state index contributed by atoms with van der Waals surface area (Å²) in [6.45, 7) is 0. The average Bonchev–Trinajstić information content (AvgIpc) is 3.13. The fourth-order valence-electron chi connectivity index (χ4n) is 2.04. The van der Waals surface area contributed by atoms with Gasteiger partial charge >= 0.3 is 0 Å². The molecule has 0 bridgehead atoms. The van der Waals surface area contributed by atoms with Crippen LogP contribution in [0.3, 0.4) is 0 Å². The van der Waals surface area contributed by atoms with Crippen molar-refractivity contribution >= 4 is 17.3 Å². The zero-order valence-electron chi connectivity index (χ0n) is 9.72. The number of carbonyl (C=O) groups excluding carboxylic acids is 1. The zero-order chi connectivity index (χ0) is 11.8. The van der Waals surface area contributed by atoms with Gasteiger partial charge in [0.05, 0.1) is 24.9 Å². The van der Waals surface area contributed by atoms with Crippen LogP contribution < -0.4 is 9.75 Å². The number of rotatable bonds is 3. The van der Waals surface area contributed by atoms with Crippen LogP contribution in [0.2, 0.25) is 0 Å². The summed E-state index contributed by atoms with van der Waals surface area (Å²) in [6.07, 6.45) is 2.83. The molecule has 3 rings (SSSR count). The molecule has 4 heteroatoms. The standard InChI is InChI=1S/C13H14N2O2/c1-17-11-4-2-3-10(7-11)15-13(16)8-12(14-15)9-5-6-9/h2-4,7,9H,5-6,8H2,1H3. The Morgan fingerprint density at radius 2 is 2.24 bits per heavy atom. The molecule has 1 fully saturated rings. The van der Waals surface area contributed by atoms with Gasteiger partial charge in [-0.1, -0.05) is 6.07 Å². The third-order valence-electron chi connectivity index (χ3n) is 3.14. The molecular formula is C13H14N2O2. The lowest BCUT2D eigenvalue weighted by Crippen LogP contribution is -2.19. The van der Waals surface area contributed by atoms with Gasteiger partial charge in [0.25, 0.3) is 5.91 Å². The third-order valence-corrected chi connectivity index (χ3v) is 3.14. The lowest BCUT2D eigenvalue weighted by Gasteiger charge is -2.12. The van der Waals surface area contributed by atoms with Crippen molar-refractivity contribution < 1.29 is 9.53 Å². The van der Waals surface area contributed by atoms with E-state index >= 15 is 0 Å². The highest BCUT2D eigenvalue weighted by molar-refractivity contribution is 6.14. The predicted molar refractivity (Wildman–Crippen MR) is 65.3 cm³/mol. The smallest absolute Gasteiger partial charge is 0.253 e. The van der Waals surface area contributed by atoms with Crippen LogP contribution in [-0.4, -0.2) is 18.7 Å². The van der Waals surface area contributed by atoms with E-state index in [2.05, 4.69) is 5.10 Å². The lowest BCUT2D eigenvalue weighted by atomic mass is 10.2. The van der Waals surface area contributed by atoms with Gasteiger partial charge in [0.2, 0.25) is 0 Å². The number of ether oxygens (including phenoxy) is 1. The third kappa shape index (κ3) is 1.90. The van der Waals surface area contributed by atoms with Gasteiger partial charge in [-0.05, 0) is 30.9 Å². The minimum Gasteiger partial charge on any atom is -0.497 e. The molecule has 88 valence electrons. The quantitative estimate of drug-likeness (QED) is 0.798. The molecule has 1 heterocycles. The number of amides is 1. The molecule has 1 saturated carbocycles. The summed E-state index contributed by atoms with van der Waals surface area (Å²) in [4.78, 5) is 11.9. The van der Waals surface area contributed by atoms with Crippen LogP contribution in [0.25, 0.3) is 0 Å². The van der Waals surface area contributed by atoms with Crippen LogP contribution in [0.4, 0.5) is 5.69 Å². The summed E-state index contributed by atoms with van der Waals surface area (Å²) in [6, 6.07) is 7.43. The first-order chi connectivity index (χ1) is 8.28. The van der Waals surface area contributed by atoms with E-state index in [0.717, 1.165) is 17.1 Å². The Morgan fingerprint density at radius 3 is 2.94 bits per heavy atom. The highest BCUT2D eigenvalue weighted by Crippen LogP contribution is 2.35. The van der Waals surface area contributed by atoms with Crippen molar-refractivity contribution in [2.45, 2.75) is 19.3 Å². The molecule has 4 nitrogen and oxygen atoms in total. The van der Waals surface area contributed by atoms with Crippen molar-refractivity contribution in [3.05, 3.63) is 24.3 Å². The number of anilines is 1. The second-order valence-electron chi connectivity index (χ2n) is 4.45. The van der Waals surface area contributed by atoms with Crippen LogP contribution in [0.15, 0.2) is 29.4 Å². The number of methoxy groups -OCH3 is 1. The summed E-state index contributed by atoms with van der Waals surface area (Å²) >= 11 is 0. The van der Waals surface area contributed by atoms with Gasteiger partial charge in [-0.25, -0.2) is 5.01 Å². The van der Waals surface area contributed by atoms with E-state index in [1.54, 1.807) is 7.11 Å². The van der Waals surface area contributed by atoms with Crippen LogP contribution >= 0.6 is 0 Å². The number of hydrogen-bond acceptors (Lipinski definition) is 3. The van der Waals surface area contributed by atoms with E-state index in [0.29, 0.717) is 12.3 Å². The Bertz CT molecular complexity index is 492. The van der Waals surface area contributed by atoms with Crippen LogP contribution in [-0.2, 0) is 4.79 Å². The summed E-state index contributed by atoms with van der Waals surface area (Å²) in [7, 11) is 1.61. The molecule has 1 amide bonds. The Labute approximate surface area is 99.9 Å². The monoisotopic (exact) mass is 230 g/mol. The Morgan fingerprint density at radius 1 is 1.41 bits per heavy atom. The van der Waals surface area contributed by atoms with Crippen molar-refractivity contribution in [2.75, 3.05) is 12.1 Å². The molecule has 0 saturated heterocycles. The maximum atomic E-state index is 11.9. The minimum absolute atomic E-state index is 0.0557. The highest BCUT2D eigenvalue weighted by Gasteiger charge is 2.35. The van der Waals surface area contributed by atoms with Crippen LogP contribution in [0, 0.1) is 5.92 Å². The Kier molecular flexibility index (Phi) is 2.35. The van der Waals surface area contributed by atoms with Crippen LogP contribution in [0.1, 0.15) is 19.3 Å². The van der Waals surface area contributed by atoms with Crippen molar-refractivity contribution in [3.8, 4) is 5.75 Å². The first kappa shape index (κ1) is 10.3. The van der Waals surface area contributed by atoms with Gasteiger partial charge in [0.15, 0.2) is 0 Å². The summed E-state index contributed by atoms with van der Waals surface area (Å²) in [5, 5.41) is 5.92. The molecule has 1 aliphatic heterocycles. The van der Waals surface area contributed by atoms with E-state index in [4.69, 9.17) is 4.74 Å². The number of benzene rings is 1. The fraction of sp³-hybridized carbons (Fsp3) is 0.385. The first-order valence-electron chi connectivity index (χ1n) is 5.82. The lowest BCUT2D eigenvalue weighted by molar-refractivity contribution is -0.116. The maximum absolute atomic E-state index is 11.9. The number of nitrogens with zero attached hydrogens (tertiary/aromatic N) is 2. The molecular weight excluding hydrogens is 216 g/mol. The molecule has 0 unspecified atom stereocenters. The van der Waals surface area contributed by atoms with Crippen molar-refractivity contribution in [2.24, 2.45) is 11.0 Å². The second kappa shape index (κ2) is 3.87. The Balaban J connectivity index is 1.89. The maximum Gasteiger partial charge on any atom is 0.253 e. The van der Waals surface area contributed by atoms with E-state index < -0.39 is 0 Å². The molecule has 1 aromatic rings. The van der Waals surface area contributed by atoms with E-state index in [1.165, 1.54) is 17.9 Å². The number of hydrogen-bond donors (Lipinski definition) is 0. The van der Waals surface area contributed by atoms with Gasteiger partial charge in [-0.2, -0.15) is 5.10 Å². The highest BCUT2D eigenvalue weighted by atomic mass is 16.5. The molecule has 1 aromatic carbocycles. The normalized spacial score (nSPS) is 19.5. The summed E-state index contributed by atoms with van der Waals surface area (Å²) in [5.41, 5.74) is 1.82. The molecule has 0 N–H and O–H groups in total. The summed E-state index contributed by atoms with van der Waals surface area (Å²) < 4.78 is 5.15. The predicted octanol–water partition coefficient (Wildman–Crippen LogP) is 2.20. The van der Waals surface area contributed by atoms with Gasteiger partial charge < -0.3 is 4.74 Å². The number of carbonyl (C=O) groups is 1. The van der Waals surface area contributed by atoms with Crippen molar-refractivity contribution in [1.82, 2.24) is 0 Å². The van der Waals surface area contributed by atoms with Crippen molar-refractivity contribution in [1.29, 1.82) is 0 Å². The fourth-order valence-corrected chi connectivity index (χ4v) is 2.04. The average molecular weight is 230 g/mol. The molecule has 1 aliphatic carbocycles. The van der Waals surface area contributed by atoms with Gasteiger partial charge in [-0.3, -0.25) is 4.79 Å². The van der Waals surface area contributed by atoms with E-state index in [-0.39, 0.29) is 5.91 Å². The summed E-state index contributed by atoms with van der Waals surface area (Å²) in [5.74, 6) is 1.35. The molecule has 0 aromatic heterocycles. The van der Waals surface area contributed by atoms with Crippen molar-refractivity contribution in [3.63, 3.8) is 0 Å². The first-order valence-corrected chi connectivity index (χ1v) is 5.82. The van der Waals surface area contributed by atoms with E-state index in [9.17, 15) is 4.79 Å². The molecule has 2 aliphatic rings. The zero-order valence-corrected chi connectivity index (χ0v) is 9.72. The van der Waals surface area contributed by atoms with Gasteiger partial charge in [-0.15, -0.1) is 0 Å². The van der Waals surface area contributed by atoms with Gasteiger partial charge in [0, 0.05) is 6.07 Å². The SMILES string of the molecule is COc1cccc(N2N=C(C3CC3)CC2=O)c1. The molecule has 0 atom stereocenters. The molecule has 0 spiro atoms. The Hall–Kier alpha value is -1.84. The van der Waals surface area contributed by atoms with Gasteiger partial charge in [0.1, 0.15) is 5.75 Å². The molecule has 0 radical (unpaired) electrons. The van der Waals surface area contributed by atoms with E-state index in [1.807, 2.05) is 24.3 Å². The minimum atomic E-state index is 0.0557. The topological polar surface area (TPSA) is 41.9 Å². The second-order valence-corrected chi connectivity index (χ2v) is 4.45. The largest absolute Gasteiger partial charge is 0.497 e. The number of hydrazone groups is 1.